The molecule has 1 saturated heterocycles. The Balaban J connectivity index is 1.87. The lowest BCUT2D eigenvalue weighted by atomic mass is 9.85. The average molecular weight is 254 g/mol. The van der Waals surface area contributed by atoms with E-state index in [1.54, 1.807) is 0 Å². The van der Waals surface area contributed by atoms with Crippen LogP contribution in [0.1, 0.15) is 52.4 Å². The summed E-state index contributed by atoms with van der Waals surface area (Å²) < 4.78 is 0. The van der Waals surface area contributed by atoms with E-state index in [2.05, 4.69) is 10.6 Å². The summed E-state index contributed by atoms with van der Waals surface area (Å²) in [4.78, 5) is 12.2. The largest absolute Gasteiger partial charge is 0.396 e. The van der Waals surface area contributed by atoms with Crippen molar-refractivity contribution in [2.45, 2.75) is 70.0 Å². The molecule has 2 rings (SSSR count). The summed E-state index contributed by atoms with van der Waals surface area (Å²) in [6.45, 7) is 4.03. The van der Waals surface area contributed by atoms with Gasteiger partial charge in [0.25, 0.3) is 0 Å². The van der Waals surface area contributed by atoms with Crippen molar-refractivity contribution in [3.63, 3.8) is 0 Å². The van der Waals surface area contributed by atoms with Crippen LogP contribution >= 0.6 is 0 Å². The molecular formula is C14H26N2O2. The van der Waals surface area contributed by atoms with Crippen molar-refractivity contribution in [3.8, 4) is 0 Å². The van der Waals surface area contributed by atoms with Crippen LogP contribution in [0.5, 0.6) is 0 Å². The third kappa shape index (κ3) is 3.23. The summed E-state index contributed by atoms with van der Waals surface area (Å²) in [7, 11) is 0. The molecule has 0 aromatic carbocycles. The lowest BCUT2D eigenvalue weighted by Crippen LogP contribution is -2.51. The monoisotopic (exact) mass is 254 g/mol. The molecule has 104 valence electrons. The Morgan fingerprint density at radius 3 is 2.78 bits per heavy atom. The SMILES string of the molecule is CC(C)(CCO)NC(=O)C1CC2CCCCC2N1. The van der Waals surface area contributed by atoms with Crippen LogP contribution in [0.3, 0.4) is 0 Å². The predicted octanol–water partition coefficient (Wildman–Crippen LogP) is 1.18. The van der Waals surface area contributed by atoms with Gasteiger partial charge in [0.2, 0.25) is 5.91 Å². The zero-order chi connectivity index (χ0) is 13.2. The Morgan fingerprint density at radius 2 is 2.11 bits per heavy atom. The zero-order valence-corrected chi connectivity index (χ0v) is 11.5. The summed E-state index contributed by atoms with van der Waals surface area (Å²) >= 11 is 0. The second kappa shape index (κ2) is 5.57. The minimum atomic E-state index is -0.318. The van der Waals surface area contributed by atoms with Gasteiger partial charge in [-0.2, -0.15) is 0 Å². The summed E-state index contributed by atoms with van der Waals surface area (Å²) in [5.41, 5.74) is -0.318. The first-order chi connectivity index (χ1) is 8.52. The van der Waals surface area contributed by atoms with Gasteiger partial charge in [0.1, 0.15) is 0 Å². The zero-order valence-electron chi connectivity index (χ0n) is 11.5. The Hall–Kier alpha value is -0.610. The minimum Gasteiger partial charge on any atom is -0.396 e. The van der Waals surface area contributed by atoms with Crippen LogP contribution in [0.15, 0.2) is 0 Å². The van der Waals surface area contributed by atoms with E-state index in [9.17, 15) is 4.79 Å². The van der Waals surface area contributed by atoms with Gasteiger partial charge < -0.3 is 15.7 Å². The molecule has 4 heteroatoms. The highest BCUT2D eigenvalue weighted by Gasteiger charge is 2.39. The van der Waals surface area contributed by atoms with Crippen LogP contribution in [-0.2, 0) is 4.79 Å². The molecule has 0 aromatic heterocycles. The molecule has 4 nitrogen and oxygen atoms in total. The Bertz CT molecular complexity index is 290. The van der Waals surface area contributed by atoms with Crippen LogP contribution < -0.4 is 10.6 Å². The van der Waals surface area contributed by atoms with Crippen LogP contribution in [0.25, 0.3) is 0 Å². The highest BCUT2D eigenvalue weighted by Crippen LogP contribution is 2.33. The number of carbonyl (C=O) groups is 1. The van der Waals surface area contributed by atoms with Crippen molar-refractivity contribution in [3.05, 3.63) is 0 Å². The predicted molar refractivity (Wildman–Crippen MR) is 71.2 cm³/mol. The molecule has 0 aromatic rings. The van der Waals surface area contributed by atoms with Crippen molar-refractivity contribution in [2.75, 3.05) is 6.61 Å². The number of aliphatic hydroxyl groups excluding tert-OH is 1. The second-order valence-corrected chi connectivity index (χ2v) is 6.45. The maximum Gasteiger partial charge on any atom is 0.237 e. The molecule has 1 heterocycles. The first-order valence-electron chi connectivity index (χ1n) is 7.21. The first-order valence-corrected chi connectivity index (χ1v) is 7.21. The molecule has 1 amide bonds. The average Bonchev–Trinajstić information content (AvgIpc) is 2.71. The number of amides is 1. The van der Waals surface area contributed by atoms with Crippen molar-refractivity contribution in [1.82, 2.24) is 10.6 Å². The van der Waals surface area contributed by atoms with Gasteiger partial charge in [-0.1, -0.05) is 12.8 Å². The molecule has 1 aliphatic carbocycles. The fraction of sp³-hybridized carbons (Fsp3) is 0.929. The molecule has 0 spiro atoms. The van der Waals surface area contributed by atoms with E-state index in [1.807, 2.05) is 13.8 Å². The summed E-state index contributed by atoms with van der Waals surface area (Å²) in [5, 5.41) is 15.5. The fourth-order valence-electron chi connectivity index (χ4n) is 3.28. The maximum atomic E-state index is 12.2. The highest BCUT2D eigenvalue weighted by molar-refractivity contribution is 5.82. The number of rotatable bonds is 4. The third-order valence-electron chi connectivity index (χ3n) is 4.38. The van der Waals surface area contributed by atoms with E-state index in [0.717, 1.165) is 6.42 Å². The van der Waals surface area contributed by atoms with Crippen molar-refractivity contribution in [1.29, 1.82) is 0 Å². The molecule has 0 radical (unpaired) electrons. The summed E-state index contributed by atoms with van der Waals surface area (Å²) in [6, 6.07) is 0.520. The van der Waals surface area contributed by atoms with Crippen molar-refractivity contribution < 1.29 is 9.90 Å². The van der Waals surface area contributed by atoms with Gasteiger partial charge in [0.15, 0.2) is 0 Å². The van der Waals surface area contributed by atoms with E-state index in [0.29, 0.717) is 18.4 Å². The normalized spacial score (nSPS) is 32.1. The second-order valence-electron chi connectivity index (χ2n) is 6.45. The van der Waals surface area contributed by atoms with Gasteiger partial charge in [0, 0.05) is 18.2 Å². The van der Waals surface area contributed by atoms with Gasteiger partial charge in [-0.05, 0) is 45.4 Å². The highest BCUT2D eigenvalue weighted by atomic mass is 16.3. The number of hydrogen-bond acceptors (Lipinski definition) is 3. The molecule has 0 bridgehead atoms. The van der Waals surface area contributed by atoms with Crippen LogP contribution in [0.2, 0.25) is 0 Å². The van der Waals surface area contributed by atoms with E-state index < -0.39 is 0 Å². The molecule has 1 aliphatic heterocycles. The maximum absolute atomic E-state index is 12.2. The topological polar surface area (TPSA) is 61.4 Å². The molecule has 3 N–H and O–H groups in total. The number of carbonyl (C=O) groups excluding carboxylic acids is 1. The standard InChI is InChI=1S/C14H26N2O2/c1-14(2,7-8-17)16-13(18)12-9-10-5-3-4-6-11(10)15-12/h10-12,15,17H,3-9H2,1-2H3,(H,16,18). The molecule has 3 unspecified atom stereocenters. The Kier molecular flexibility index (Phi) is 4.28. The van der Waals surface area contributed by atoms with E-state index in [-0.39, 0.29) is 24.1 Å². The van der Waals surface area contributed by atoms with Crippen molar-refractivity contribution in [2.24, 2.45) is 5.92 Å². The van der Waals surface area contributed by atoms with Gasteiger partial charge in [0.05, 0.1) is 6.04 Å². The van der Waals surface area contributed by atoms with E-state index in [1.165, 1.54) is 25.7 Å². The number of fused-ring (bicyclic) bond motifs is 1. The molecule has 1 saturated carbocycles. The van der Waals surface area contributed by atoms with Gasteiger partial charge in [-0.3, -0.25) is 4.79 Å². The van der Waals surface area contributed by atoms with Crippen LogP contribution in [0, 0.1) is 5.92 Å². The Morgan fingerprint density at radius 1 is 1.39 bits per heavy atom. The van der Waals surface area contributed by atoms with Gasteiger partial charge in [-0.25, -0.2) is 0 Å². The van der Waals surface area contributed by atoms with Gasteiger partial charge in [-0.15, -0.1) is 0 Å². The molecule has 3 atom stereocenters. The summed E-state index contributed by atoms with van der Waals surface area (Å²) in [6.07, 6.45) is 6.66. The Labute approximate surface area is 110 Å². The molecule has 18 heavy (non-hydrogen) atoms. The van der Waals surface area contributed by atoms with E-state index >= 15 is 0 Å². The fourth-order valence-corrected chi connectivity index (χ4v) is 3.28. The number of hydrogen-bond donors (Lipinski definition) is 3. The van der Waals surface area contributed by atoms with Crippen LogP contribution in [0.4, 0.5) is 0 Å². The lowest BCUT2D eigenvalue weighted by Gasteiger charge is -2.27. The smallest absolute Gasteiger partial charge is 0.237 e. The first kappa shape index (κ1) is 13.8. The van der Waals surface area contributed by atoms with Crippen molar-refractivity contribution >= 4 is 5.91 Å². The minimum absolute atomic E-state index is 0.0314. The van der Waals surface area contributed by atoms with Crippen LogP contribution in [-0.4, -0.2) is 35.2 Å². The number of aliphatic hydroxyl groups is 1. The molecule has 2 aliphatic rings. The number of nitrogens with one attached hydrogen (secondary N) is 2. The third-order valence-corrected chi connectivity index (χ3v) is 4.38. The molecule has 2 fully saturated rings. The lowest BCUT2D eigenvalue weighted by molar-refractivity contribution is -0.124. The quantitative estimate of drug-likeness (QED) is 0.706. The molecular weight excluding hydrogens is 228 g/mol. The van der Waals surface area contributed by atoms with Gasteiger partial charge >= 0.3 is 0 Å². The van der Waals surface area contributed by atoms with E-state index in [4.69, 9.17) is 5.11 Å². The summed E-state index contributed by atoms with van der Waals surface area (Å²) in [5.74, 6) is 0.790.